The number of rotatable bonds is 1. The Morgan fingerprint density at radius 3 is 1.48 bits per heavy atom. The van der Waals surface area contributed by atoms with Crippen LogP contribution in [0.1, 0.15) is 22.3 Å². The zero-order valence-corrected chi connectivity index (χ0v) is 20.5. The first-order valence-corrected chi connectivity index (χ1v) is 12.1. The molecule has 1 saturated heterocycles. The van der Waals surface area contributed by atoms with E-state index in [0.29, 0.717) is 15.7 Å². The third-order valence-corrected chi connectivity index (χ3v) is 10.2. The average Bonchev–Trinajstić information content (AvgIpc) is 3.05. The molecule has 2 amide bonds. The number of hydrogen-bond acceptors (Lipinski definition) is 2. The maximum atomic E-state index is 13.9. The number of amides is 2. The van der Waals surface area contributed by atoms with E-state index in [4.69, 9.17) is 23.2 Å². The molecule has 0 radical (unpaired) electrons. The van der Waals surface area contributed by atoms with Crippen molar-refractivity contribution in [2.24, 2.45) is 11.8 Å². The summed E-state index contributed by atoms with van der Waals surface area (Å²) in [6, 6.07) is 20.8. The second kappa shape index (κ2) is 6.44. The number of carbonyl (C=O) groups excluding carboxylic acids is 2. The molecule has 4 aliphatic rings. The van der Waals surface area contributed by atoms with Gasteiger partial charge in [-0.1, -0.05) is 104 Å². The van der Waals surface area contributed by atoms with E-state index >= 15 is 0 Å². The van der Waals surface area contributed by atoms with E-state index in [9.17, 15) is 9.59 Å². The van der Waals surface area contributed by atoms with E-state index in [-0.39, 0.29) is 11.8 Å². The number of benzene rings is 3. The van der Waals surface area contributed by atoms with Crippen LogP contribution in [-0.2, 0) is 18.2 Å². The first kappa shape index (κ1) is 20.0. The highest BCUT2D eigenvalue weighted by Gasteiger charge is 2.72. The Morgan fingerprint density at radius 1 is 0.677 bits per heavy atom. The Labute approximate surface area is 205 Å². The summed E-state index contributed by atoms with van der Waals surface area (Å²) in [7, 11) is 0. The van der Waals surface area contributed by atoms with Crippen molar-refractivity contribution in [2.75, 3.05) is 4.90 Å². The van der Waals surface area contributed by atoms with Gasteiger partial charge in [0.25, 0.3) is 0 Å². The van der Waals surface area contributed by atoms with Crippen molar-refractivity contribution < 1.29 is 9.59 Å². The number of hydrogen-bond donors (Lipinski definition) is 0. The Balaban J connectivity index is 1.65. The molecular formula is C24H13Br2Cl2NO2. The smallest absolute Gasteiger partial charge is 0.239 e. The van der Waals surface area contributed by atoms with E-state index in [2.05, 4.69) is 31.9 Å². The quantitative estimate of drug-likeness (QED) is 0.248. The van der Waals surface area contributed by atoms with E-state index < -0.39 is 20.5 Å². The normalized spacial score (nSPS) is 30.3. The lowest BCUT2D eigenvalue weighted by atomic mass is 9.54. The lowest BCUT2D eigenvalue weighted by Crippen LogP contribution is -2.56. The van der Waals surface area contributed by atoms with Crippen LogP contribution in [0.4, 0.5) is 5.69 Å². The van der Waals surface area contributed by atoms with Gasteiger partial charge >= 0.3 is 0 Å². The average molecular weight is 578 g/mol. The third-order valence-electron chi connectivity index (χ3n) is 6.75. The maximum absolute atomic E-state index is 13.9. The Morgan fingerprint density at radius 2 is 1.10 bits per heavy atom. The van der Waals surface area contributed by atoms with Crippen LogP contribution in [0.5, 0.6) is 0 Å². The second-order valence-corrected chi connectivity index (χ2v) is 11.4. The van der Waals surface area contributed by atoms with Crippen LogP contribution in [-0.4, -0.2) is 11.8 Å². The van der Waals surface area contributed by atoms with Crippen LogP contribution < -0.4 is 4.90 Å². The van der Waals surface area contributed by atoms with Crippen LogP contribution in [0, 0.1) is 11.8 Å². The van der Waals surface area contributed by atoms with Crippen molar-refractivity contribution in [3.63, 3.8) is 0 Å². The molecule has 1 aliphatic heterocycles. The summed E-state index contributed by atoms with van der Waals surface area (Å²) in [5.41, 5.74) is 4.44. The van der Waals surface area contributed by atoms with Gasteiger partial charge in [-0.25, -0.2) is 4.90 Å². The van der Waals surface area contributed by atoms with Gasteiger partial charge < -0.3 is 0 Å². The van der Waals surface area contributed by atoms with Gasteiger partial charge in [0.2, 0.25) is 11.8 Å². The monoisotopic (exact) mass is 575 g/mol. The number of nitrogens with zero attached hydrogens (tertiary/aromatic N) is 1. The van der Waals surface area contributed by atoms with E-state index in [0.717, 1.165) is 22.3 Å². The van der Waals surface area contributed by atoms with Crippen LogP contribution >= 0.6 is 55.1 Å². The molecule has 1 fully saturated rings. The van der Waals surface area contributed by atoms with Crippen molar-refractivity contribution in [1.82, 2.24) is 0 Å². The molecule has 154 valence electrons. The highest BCUT2D eigenvalue weighted by atomic mass is 79.9. The summed E-state index contributed by atoms with van der Waals surface area (Å²) in [6.07, 6.45) is 0. The molecule has 7 heteroatoms. The first-order chi connectivity index (χ1) is 14.8. The fraction of sp³-hybridized carbons (Fsp3) is 0.167. The molecule has 3 aliphatic carbocycles. The number of anilines is 1. The fourth-order valence-electron chi connectivity index (χ4n) is 5.55. The van der Waals surface area contributed by atoms with Gasteiger partial charge in [0.1, 0.15) is 0 Å². The van der Waals surface area contributed by atoms with Gasteiger partial charge in [-0.3, -0.25) is 9.59 Å². The van der Waals surface area contributed by atoms with Crippen LogP contribution in [0.25, 0.3) is 0 Å². The molecule has 2 bridgehead atoms. The summed E-state index contributed by atoms with van der Waals surface area (Å²) < 4.78 is -1.61. The van der Waals surface area contributed by atoms with Gasteiger partial charge in [0.15, 0.2) is 0 Å². The molecule has 1 heterocycles. The largest absolute Gasteiger partial charge is 0.274 e. The lowest BCUT2D eigenvalue weighted by Gasteiger charge is -2.55. The molecule has 0 N–H and O–H groups in total. The number of carbonyl (C=O) groups is 2. The van der Waals surface area contributed by atoms with Gasteiger partial charge in [-0.15, -0.1) is 0 Å². The van der Waals surface area contributed by atoms with Crippen LogP contribution in [0.3, 0.4) is 0 Å². The molecule has 2 unspecified atom stereocenters. The summed E-state index contributed by atoms with van der Waals surface area (Å²) in [6.45, 7) is 0. The maximum Gasteiger partial charge on any atom is 0.239 e. The zero-order chi connectivity index (χ0) is 21.7. The minimum Gasteiger partial charge on any atom is -0.274 e. The minimum absolute atomic E-state index is 0.252. The highest BCUT2D eigenvalue weighted by Crippen LogP contribution is 2.70. The lowest BCUT2D eigenvalue weighted by molar-refractivity contribution is -0.122. The molecule has 0 saturated carbocycles. The van der Waals surface area contributed by atoms with Gasteiger partial charge in [0, 0.05) is 0 Å². The van der Waals surface area contributed by atoms with E-state index in [1.165, 1.54) is 4.90 Å². The topological polar surface area (TPSA) is 37.4 Å². The molecule has 2 atom stereocenters. The third kappa shape index (κ3) is 2.26. The molecule has 3 aromatic carbocycles. The van der Waals surface area contributed by atoms with Gasteiger partial charge in [-0.2, -0.15) is 0 Å². The predicted octanol–water partition coefficient (Wildman–Crippen LogP) is 6.40. The van der Waals surface area contributed by atoms with Crippen molar-refractivity contribution in [3.8, 4) is 0 Å². The van der Waals surface area contributed by atoms with Gasteiger partial charge in [0.05, 0.1) is 36.2 Å². The number of halogens is 4. The van der Waals surface area contributed by atoms with Crippen LogP contribution in [0.15, 0.2) is 66.7 Å². The highest BCUT2D eigenvalue weighted by molar-refractivity contribution is 9.10. The van der Waals surface area contributed by atoms with E-state index in [1.54, 1.807) is 18.2 Å². The summed E-state index contributed by atoms with van der Waals surface area (Å²) in [4.78, 5) is 29.0. The fourth-order valence-corrected chi connectivity index (χ4v) is 8.14. The molecular weight excluding hydrogens is 565 g/mol. The Hall–Kier alpha value is -1.66. The summed E-state index contributed by atoms with van der Waals surface area (Å²) in [5.74, 6) is -1.73. The molecule has 31 heavy (non-hydrogen) atoms. The van der Waals surface area contributed by atoms with Crippen molar-refractivity contribution in [1.29, 1.82) is 0 Å². The molecule has 0 spiro atoms. The van der Waals surface area contributed by atoms with Crippen molar-refractivity contribution >= 4 is 72.6 Å². The summed E-state index contributed by atoms with van der Waals surface area (Å²) >= 11 is 20.3. The Kier molecular flexibility index (Phi) is 4.15. The molecule has 3 aromatic rings. The van der Waals surface area contributed by atoms with Crippen molar-refractivity contribution in [2.45, 2.75) is 8.65 Å². The number of alkyl halides is 2. The minimum atomic E-state index is -0.807. The van der Waals surface area contributed by atoms with Gasteiger partial charge in [-0.05, 0) is 40.5 Å². The van der Waals surface area contributed by atoms with E-state index in [1.807, 2.05) is 48.5 Å². The molecule has 0 aromatic heterocycles. The first-order valence-electron chi connectivity index (χ1n) is 9.72. The standard InChI is InChI=1S/C24H13Br2Cl2NO2/c25-23-13-5-1-2-6-14(13)24(26,16-8-4-3-7-15(16)23)20-19(23)21(30)29(22(20)31)12-9-10-17(27)18(28)11-12/h1-11,19-20H. The van der Waals surface area contributed by atoms with Crippen molar-refractivity contribution in [3.05, 3.63) is 99.0 Å². The zero-order valence-electron chi connectivity index (χ0n) is 15.8. The summed E-state index contributed by atoms with van der Waals surface area (Å²) in [5, 5.41) is 0.669. The second-order valence-electron chi connectivity index (χ2n) is 8.08. The predicted molar refractivity (Wildman–Crippen MR) is 128 cm³/mol. The molecule has 3 nitrogen and oxygen atoms in total. The van der Waals surface area contributed by atoms with Crippen LogP contribution in [0.2, 0.25) is 10.0 Å². The molecule has 7 rings (SSSR count). The Bertz CT molecular complexity index is 1200. The number of imide groups is 1. The SMILES string of the molecule is O=C1C2C(C(=O)N1c1ccc(Cl)c(Cl)c1)C1(Br)c3ccccc3C2(Br)c2ccccc21.